The van der Waals surface area contributed by atoms with E-state index in [4.69, 9.17) is 4.74 Å². The van der Waals surface area contributed by atoms with Crippen LogP contribution < -0.4 is 10.6 Å². The summed E-state index contributed by atoms with van der Waals surface area (Å²) >= 11 is 4.36. The fourth-order valence-corrected chi connectivity index (χ4v) is 4.00. The lowest BCUT2D eigenvalue weighted by Gasteiger charge is -2.38. The van der Waals surface area contributed by atoms with Crippen molar-refractivity contribution >= 4 is 30.4 Å². The highest BCUT2D eigenvalue weighted by atomic mass is 32.1. The van der Waals surface area contributed by atoms with E-state index >= 15 is 0 Å². The molecule has 0 bridgehead atoms. The van der Waals surface area contributed by atoms with E-state index in [1.165, 1.54) is 0 Å². The van der Waals surface area contributed by atoms with Crippen molar-refractivity contribution < 1.29 is 24.2 Å². The second-order valence-electron chi connectivity index (χ2n) is 9.00. The Morgan fingerprint density at radius 2 is 1.59 bits per heavy atom. The van der Waals surface area contributed by atoms with Crippen LogP contribution in [-0.4, -0.2) is 52.9 Å². The van der Waals surface area contributed by atoms with Crippen LogP contribution in [-0.2, 0) is 25.5 Å². The minimum Gasteiger partial charge on any atom is -0.480 e. The van der Waals surface area contributed by atoms with E-state index in [2.05, 4.69) is 23.3 Å². The molecule has 0 aliphatic carbocycles. The first-order valence-electron chi connectivity index (χ1n) is 11.5. The van der Waals surface area contributed by atoms with Crippen molar-refractivity contribution in [3.8, 4) is 11.1 Å². The van der Waals surface area contributed by atoms with Crippen molar-refractivity contribution in [3.05, 3.63) is 60.2 Å². The highest BCUT2D eigenvalue weighted by Gasteiger charge is 2.43. The lowest BCUT2D eigenvalue weighted by Crippen LogP contribution is -2.64. The molecular weight excluding hydrogens is 452 g/mol. The Morgan fingerprint density at radius 3 is 2.15 bits per heavy atom. The van der Waals surface area contributed by atoms with Crippen LogP contribution in [0.1, 0.15) is 32.3 Å². The summed E-state index contributed by atoms with van der Waals surface area (Å²) in [6, 6.07) is 16.3. The van der Waals surface area contributed by atoms with Gasteiger partial charge in [-0.25, -0.2) is 4.79 Å². The Bertz CT molecular complexity index is 988. The molecular formula is C26H32N2O5S. The molecule has 2 aromatic rings. The predicted molar refractivity (Wildman–Crippen MR) is 134 cm³/mol. The predicted octanol–water partition coefficient (Wildman–Crippen LogP) is 3.09. The molecule has 1 fully saturated rings. The van der Waals surface area contributed by atoms with Gasteiger partial charge in [0.25, 0.3) is 0 Å². The van der Waals surface area contributed by atoms with Crippen LogP contribution in [0.25, 0.3) is 11.1 Å². The number of aliphatic carboxylic acids is 1. The average molecular weight is 485 g/mol. The molecule has 0 radical (unpaired) electrons. The summed E-state index contributed by atoms with van der Waals surface area (Å²) in [4.78, 5) is 38.0. The van der Waals surface area contributed by atoms with Gasteiger partial charge in [0.2, 0.25) is 11.8 Å². The first-order valence-corrected chi connectivity index (χ1v) is 12.0. The Morgan fingerprint density at radius 1 is 1.00 bits per heavy atom. The van der Waals surface area contributed by atoms with Gasteiger partial charge in [0.05, 0.1) is 5.25 Å². The number of carboxylic acid groups (broad SMARTS) is 1. The molecule has 0 saturated carbocycles. The minimum absolute atomic E-state index is 0.0195. The molecule has 2 aromatic carbocycles. The van der Waals surface area contributed by atoms with Gasteiger partial charge in [-0.05, 0) is 22.6 Å². The number of ether oxygens (including phenoxy) is 1. The average Bonchev–Trinajstić information content (AvgIpc) is 2.84. The number of hydrogen-bond donors (Lipinski definition) is 4. The molecule has 1 aliphatic heterocycles. The minimum atomic E-state index is -1.23. The zero-order chi connectivity index (χ0) is 24.7. The lowest BCUT2D eigenvalue weighted by atomic mass is 9.87. The van der Waals surface area contributed by atoms with Gasteiger partial charge in [-0.1, -0.05) is 68.4 Å². The zero-order valence-electron chi connectivity index (χ0n) is 19.5. The van der Waals surface area contributed by atoms with Crippen LogP contribution in [0.4, 0.5) is 0 Å². The van der Waals surface area contributed by atoms with Gasteiger partial charge in [0, 0.05) is 32.5 Å². The van der Waals surface area contributed by atoms with Crippen LogP contribution in [0.2, 0.25) is 0 Å². The van der Waals surface area contributed by atoms with Crippen LogP contribution in [0.15, 0.2) is 54.6 Å². The molecule has 34 heavy (non-hydrogen) atoms. The summed E-state index contributed by atoms with van der Waals surface area (Å²) < 4.78 is 5.39. The van der Waals surface area contributed by atoms with E-state index in [9.17, 15) is 19.5 Å². The standard InChI is InChI=1S/C26H32N2O5S/c1-17(2)22(34)23(29)28-26(12-14-33-15-13-26)25(32)27-21(24(30)31)16-18-8-10-20(11-9-18)19-6-4-3-5-7-19/h3-11,17,21-22,34H,12-16H2,1-2H3,(H,27,32)(H,28,29)(H,30,31)/t21-,22-/m0/s1. The Kier molecular flexibility index (Phi) is 8.74. The molecule has 1 saturated heterocycles. The van der Waals surface area contributed by atoms with E-state index in [1.54, 1.807) is 0 Å². The van der Waals surface area contributed by atoms with Crippen LogP contribution >= 0.6 is 12.6 Å². The molecule has 1 aliphatic rings. The molecule has 8 heteroatoms. The van der Waals surface area contributed by atoms with Crippen molar-refractivity contribution in [2.24, 2.45) is 5.92 Å². The number of rotatable bonds is 9. The monoisotopic (exact) mass is 484 g/mol. The largest absolute Gasteiger partial charge is 0.480 e. The van der Waals surface area contributed by atoms with Crippen molar-refractivity contribution in [3.63, 3.8) is 0 Å². The summed E-state index contributed by atoms with van der Waals surface area (Å²) in [5.74, 6) is -2.02. The van der Waals surface area contributed by atoms with Gasteiger partial charge < -0.3 is 20.5 Å². The van der Waals surface area contributed by atoms with E-state index in [-0.39, 0.29) is 31.1 Å². The number of thiol groups is 1. The Balaban J connectivity index is 1.73. The summed E-state index contributed by atoms with van der Waals surface area (Å²) in [7, 11) is 0. The SMILES string of the molecule is CC(C)[C@H](S)C(=O)NC1(C(=O)N[C@@H](Cc2ccc(-c3ccccc3)cc2)C(=O)O)CCOCC1. The van der Waals surface area contributed by atoms with Crippen LogP contribution in [0.5, 0.6) is 0 Å². The molecule has 0 aromatic heterocycles. The lowest BCUT2D eigenvalue weighted by molar-refractivity contribution is -0.145. The van der Waals surface area contributed by atoms with Crippen molar-refractivity contribution in [2.75, 3.05) is 13.2 Å². The number of amides is 2. The molecule has 3 N–H and O–H groups in total. The smallest absolute Gasteiger partial charge is 0.326 e. The number of carboxylic acids is 1. The van der Waals surface area contributed by atoms with Crippen molar-refractivity contribution in [2.45, 2.75) is 49.9 Å². The molecule has 182 valence electrons. The van der Waals surface area contributed by atoms with E-state index in [0.29, 0.717) is 13.2 Å². The number of carbonyl (C=O) groups excluding carboxylic acids is 2. The summed E-state index contributed by atoms with van der Waals surface area (Å²) in [5, 5.41) is 14.7. The zero-order valence-corrected chi connectivity index (χ0v) is 20.4. The molecule has 0 unspecified atom stereocenters. The maximum atomic E-state index is 13.3. The molecule has 2 atom stereocenters. The first-order chi connectivity index (χ1) is 16.2. The third kappa shape index (κ3) is 6.39. The Hall–Kier alpha value is -2.84. The molecule has 2 amide bonds. The maximum Gasteiger partial charge on any atom is 0.326 e. The third-order valence-corrected chi connectivity index (χ3v) is 6.98. The van der Waals surface area contributed by atoms with Crippen molar-refractivity contribution in [1.29, 1.82) is 0 Å². The van der Waals surface area contributed by atoms with Gasteiger partial charge >= 0.3 is 5.97 Å². The summed E-state index contributed by atoms with van der Waals surface area (Å²) in [6.07, 6.45) is 0.653. The number of nitrogens with one attached hydrogen (secondary N) is 2. The van der Waals surface area contributed by atoms with Gasteiger partial charge in [-0.3, -0.25) is 9.59 Å². The van der Waals surface area contributed by atoms with Crippen LogP contribution in [0.3, 0.4) is 0 Å². The summed E-state index contributed by atoms with van der Waals surface area (Å²) in [6.45, 7) is 4.34. The second-order valence-corrected chi connectivity index (χ2v) is 9.56. The normalized spacial score (nSPS) is 16.9. The topological polar surface area (TPSA) is 105 Å². The molecule has 0 spiro atoms. The molecule has 7 nitrogen and oxygen atoms in total. The number of hydrogen-bond acceptors (Lipinski definition) is 5. The summed E-state index contributed by atoms with van der Waals surface area (Å²) in [5.41, 5.74) is 1.65. The van der Waals surface area contributed by atoms with Gasteiger partial charge in [0.1, 0.15) is 11.6 Å². The van der Waals surface area contributed by atoms with E-state index in [0.717, 1.165) is 16.7 Å². The third-order valence-electron chi connectivity index (χ3n) is 6.15. The van der Waals surface area contributed by atoms with Gasteiger partial charge in [-0.15, -0.1) is 0 Å². The number of carbonyl (C=O) groups is 3. The fraction of sp³-hybridized carbons (Fsp3) is 0.423. The second kappa shape index (κ2) is 11.5. The van der Waals surface area contributed by atoms with Gasteiger partial charge in [0.15, 0.2) is 0 Å². The highest BCUT2D eigenvalue weighted by molar-refractivity contribution is 7.81. The molecule has 1 heterocycles. The van der Waals surface area contributed by atoms with Crippen molar-refractivity contribution in [1.82, 2.24) is 10.6 Å². The Labute approximate surface area is 205 Å². The molecule has 3 rings (SSSR count). The first kappa shape index (κ1) is 25.8. The highest BCUT2D eigenvalue weighted by Crippen LogP contribution is 2.24. The fourth-order valence-electron chi connectivity index (χ4n) is 3.94. The van der Waals surface area contributed by atoms with E-state index in [1.807, 2.05) is 68.4 Å². The number of benzene rings is 2. The van der Waals surface area contributed by atoms with E-state index < -0.39 is 28.7 Å². The van der Waals surface area contributed by atoms with Crippen LogP contribution in [0, 0.1) is 5.92 Å². The quantitative estimate of drug-likeness (QED) is 0.410. The van der Waals surface area contributed by atoms with Gasteiger partial charge in [-0.2, -0.15) is 12.6 Å². The maximum absolute atomic E-state index is 13.3.